The SMILES string of the molecule is O=Cc1c(OC(F)F)cc(C(=O)O)cc1[N+](=O)[O-]. The lowest BCUT2D eigenvalue weighted by atomic mass is 10.1. The normalized spacial score (nSPS) is 10.2. The van der Waals surface area contributed by atoms with E-state index in [9.17, 15) is 28.5 Å². The number of alkyl halides is 2. The molecule has 0 heterocycles. The van der Waals surface area contributed by atoms with Gasteiger partial charge < -0.3 is 9.84 Å². The Bertz CT molecular complexity index is 516. The van der Waals surface area contributed by atoms with Gasteiger partial charge in [-0.25, -0.2) is 4.79 Å². The van der Waals surface area contributed by atoms with Crippen LogP contribution in [-0.4, -0.2) is 28.9 Å². The van der Waals surface area contributed by atoms with Crippen LogP contribution < -0.4 is 4.74 Å². The highest BCUT2D eigenvalue weighted by molar-refractivity contribution is 5.93. The number of rotatable bonds is 5. The highest BCUT2D eigenvalue weighted by atomic mass is 19.3. The second kappa shape index (κ2) is 5.17. The Morgan fingerprint density at radius 2 is 2.11 bits per heavy atom. The molecule has 96 valence electrons. The fraction of sp³-hybridized carbons (Fsp3) is 0.111. The Morgan fingerprint density at radius 3 is 2.50 bits per heavy atom. The summed E-state index contributed by atoms with van der Waals surface area (Å²) >= 11 is 0. The van der Waals surface area contributed by atoms with E-state index < -0.39 is 40.1 Å². The number of nitro groups is 1. The lowest BCUT2D eigenvalue weighted by molar-refractivity contribution is -0.385. The molecule has 1 aromatic carbocycles. The number of carbonyl (C=O) groups excluding carboxylic acids is 1. The lowest BCUT2D eigenvalue weighted by Gasteiger charge is -2.08. The van der Waals surface area contributed by atoms with Crippen molar-refractivity contribution < 1.29 is 33.1 Å². The van der Waals surface area contributed by atoms with Crippen LogP contribution in [0, 0.1) is 10.1 Å². The summed E-state index contributed by atoms with van der Waals surface area (Å²) in [6.07, 6.45) is -0.0541. The van der Waals surface area contributed by atoms with E-state index in [1.54, 1.807) is 0 Å². The lowest BCUT2D eigenvalue weighted by Crippen LogP contribution is -2.08. The van der Waals surface area contributed by atoms with Gasteiger partial charge in [0, 0.05) is 6.07 Å². The van der Waals surface area contributed by atoms with E-state index in [1.807, 2.05) is 0 Å². The highest BCUT2D eigenvalue weighted by Gasteiger charge is 2.24. The fourth-order valence-corrected chi connectivity index (χ4v) is 1.20. The first-order chi connectivity index (χ1) is 8.36. The molecule has 0 saturated heterocycles. The van der Waals surface area contributed by atoms with Gasteiger partial charge >= 0.3 is 12.6 Å². The average molecular weight is 261 g/mol. The van der Waals surface area contributed by atoms with Gasteiger partial charge in [-0.3, -0.25) is 14.9 Å². The number of carboxylic acid groups (broad SMARTS) is 1. The van der Waals surface area contributed by atoms with Crippen molar-refractivity contribution in [1.29, 1.82) is 0 Å². The van der Waals surface area contributed by atoms with Gasteiger partial charge in [0.15, 0.2) is 6.29 Å². The van der Waals surface area contributed by atoms with E-state index >= 15 is 0 Å². The summed E-state index contributed by atoms with van der Waals surface area (Å²) in [4.78, 5) is 30.8. The fourth-order valence-electron chi connectivity index (χ4n) is 1.20. The molecule has 0 amide bonds. The number of halogens is 2. The molecule has 1 aromatic rings. The van der Waals surface area contributed by atoms with Gasteiger partial charge in [-0.15, -0.1) is 0 Å². The predicted octanol–water partition coefficient (Wildman–Crippen LogP) is 1.71. The number of nitrogens with zero attached hydrogens (tertiary/aromatic N) is 1. The summed E-state index contributed by atoms with van der Waals surface area (Å²) in [6, 6.07) is 1.20. The highest BCUT2D eigenvalue weighted by Crippen LogP contribution is 2.30. The van der Waals surface area contributed by atoms with Gasteiger partial charge in [0.1, 0.15) is 11.3 Å². The van der Waals surface area contributed by atoms with Crippen LogP contribution in [0.4, 0.5) is 14.5 Å². The monoisotopic (exact) mass is 261 g/mol. The molecule has 0 aliphatic heterocycles. The molecule has 1 N–H and O–H groups in total. The molecule has 0 spiro atoms. The van der Waals surface area contributed by atoms with E-state index in [4.69, 9.17) is 5.11 Å². The summed E-state index contributed by atoms with van der Waals surface area (Å²) in [7, 11) is 0. The molecule has 0 bridgehead atoms. The van der Waals surface area contributed by atoms with Gasteiger partial charge in [-0.05, 0) is 6.07 Å². The largest absolute Gasteiger partial charge is 0.478 e. The Hall–Kier alpha value is -2.58. The molecule has 0 saturated carbocycles. The van der Waals surface area contributed by atoms with Gasteiger partial charge in [0.2, 0.25) is 0 Å². The molecule has 0 radical (unpaired) electrons. The number of carboxylic acids is 1. The molecule has 18 heavy (non-hydrogen) atoms. The maximum atomic E-state index is 12.0. The molecule has 0 aliphatic carbocycles. The summed E-state index contributed by atoms with van der Waals surface area (Å²) < 4.78 is 28.0. The first-order valence-electron chi connectivity index (χ1n) is 4.32. The van der Waals surface area contributed by atoms with E-state index in [0.29, 0.717) is 12.1 Å². The van der Waals surface area contributed by atoms with Crippen LogP contribution in [0.5, 0.6) is 5.75 Å². The third-order valence-electron chi connectivity index (χ3n) is 1.90. The van der Waals surface area contributed by atoms with Gasteiger partial charge in [0.25, 0.3) is 5.69 Å². The Labute approximate surface area is 97.7 Å². The molecule has 0 unspecified atom stereocenters. The standard InChI is InChI=1S/C9H5F2NO6/c10-9(11)18-7-2-4(8(14)15)1-6(12(16)17)5(7)3-13/h1-3,9H,(H,14,15). The summed E-state index contributed by atoms with van der Waals surface area (Å²) in [5, 5.41) is 19.3. The van der Waals surface area contributed by atoms with Crippen molar-refractivity contribution in [3.63, 3.8) is 0 Å². The number of ether oxygens (including phenoxy) is 1. The first-order valence-corrected chi connectivity index (χ1v) is 4.32. The van der Waals surface area contributed by atoms with Gasteiger partial charge in [-0.2, -0.15) is 8.78 Å². The first kappa shape index (κ1) is 13.5. The number of benzene rings is 1. The van der Waals surface area contributed by atoms with Crippen molar-refractivity contribution in [2.24, 2.45) is 0 Å². The zero-order chi connectivity index (χ0) is 13.9. The van der Waals surface area contributed by atoms with E-state index in [1.165, 1.54) is 0 Å². The smallest absolute Gasteiger partial charge is 0.387 e. The minimum Gasteiger partial charge on any atom is -0.478 e. The second-order valence-corrected chi connectivity index (χ2v) is 2.97. The predicted molar refractivity (Wildman–Crippen MR) is 52.1 cm³/mol. The number of hydrogen-bond donors (Lipinski definition) is 1. The minimum atomic E-state index is -3.34. The third-order valence-corrected chi connectivity index (χ3v) is 1.90. The number of carbonyl (C=O) groups is 2. The van der Waals surface area contributed by atoms with Gasteiger partial charge in [-0.1, -0.05) is 0 Å². The molecule has 0 aromatic heterocycles. The Morgan fingerprint density at radius 1 is 1.50 bits per heavy atom. The van der Waals surface area contributed by atoms with Crippen molar-refractivity contribution in [2.45, 2.75) is 6.61 Å². The maximum absolute atomic E-state index is 12.0. The van der Waals surface area contributed by atoms with Crippen LogP contribution in [0.25, 0.3) is 0 Å². The summed E-state index contributed by atoms with van der Waals surface area (Å²) in [5.41, 5.74) is -2.30. The topological polar surface area (TPSA) is 107 Å². The molecule has 0 atom stereocenters. The van der Waals surface area contributed by atoms with Crippen LogP contribution in [0.1, 0.15) is 20.7 Å². The Balaban J connectivity index is 3.50. The molecular formula is C9H5F2NO6. The van der Waals surface area contributed by atoms with Crippen LogP contribution in [0.2, 0.25) is 0 Å². The summed E-state index contributed by atoms with van der Waals surface area (Å²) in [5.74, 6) is -2.43. The zero-order valence-electron chi connectivity index (χ0n) is 8.50. The number of nitro benzene ring substituents is 1. The minimum absolute atomic E-state index is 0.0541. The molecular weight excluding hydrogens is 256 g/mol. The van der Waals surface area contributed by atoms with E-state index in [-0.39, 0.29) is 6.29 Å². The second-order valence-electron chi connectivity index (χ2n) is 2.97. The average Bonchev–Trinajstić information content (AvgIpc) is 2.26. The number of hydrogen-bond acceptors (Lipinski definition) is 5. The van der Waals surface area contributed by atoms with Crippen molar-refractivity contribution in [3.05, 3.63) is 33.4 Å². The molecule has 9 heteroatoms. The number of aromatic carboxylic acids is 1. The van der Waals surface area contributed by atoms with Crippen molar-refractivity contribution >= 4 is 17.9 Å². The van der Waals surface area contributed by atoms with Crippen LogP contribution in [-0.2, 0) is 0 Å². The summed E-state index contributed by atoms with van der Waals surface area (Å²) in [6.45, 7) is -3.34. The maximum Gasteiger partial charge on any atom is 0.387 e. The van der Waals surface area contributed by atoms with Crippen molar-refractivity contribution in [3.8, 4) is 5.75 Å². The molecule has 1 rings (SSSR count). The van der Waals surface area contributed by atoms with Crippen LogP contribution >= 0.6 is 0 Å². The van der Waals surface area contributed by atoms with E-state index in [0.717, 1.165) is 0 Å². The zero-order valence-corrected chi connectivity index (χ0v) is 8.50. The molecule has 7 nitrogen and oxygen atoms in total. The van der Waals surface area contributed by atoms with E-state index in [2.05, 4.69) is 4.74 Å². The van der Waals surface area contributed by atoms with Crippen molar-refractivity contribution in [1.82, 2.24) is 0 Å². The Kier molecular flexibility index (Phi) is 3.87. The van der Waals surface area contributed by atoms with Crippen LogP contribution in [0.3, 0.4) is 0 Å². The quantitative estimate of drug-likeness (QED) is 0.491. The van der Waals surface area contributed by atoms with Gasteiger partial charge in [0.05, 0.1) is 10.5 Å². The van der Waals surface area contributed by atoms with Crippen molar-refractivity contribution in [2.75, 3.05) is 0 Å². The number of aldehydes is 1. The van der Waals surface area contributed by atoms with Crippen LogP contribution in [0.15, 0.2) is 12.1 Å². The third kappa shape index (κ3) is 2.75. The molecule has 0 fully saturated rings. The molecule has 0 aliphatic rings.